The van der Waals surface area contributed by atoms with Crippen molar-refractivity contribution in [3.05, 3.63) is 29.8 Å². The second kappa shape index (κ2) is 7.52. The van der Waals surface area contributed by atoms with E-state index in [4.69, 9.17) is 4.74 Å². The molecule has 28 heavy (non-hydrogen) atoms. The number of rotatable bonds is 3. The first kappa shape index (κ1) is 21.8. The maximum Gasteiger partial charge on any atom is 0.573 e. The Morgan fingerprint density at radius 2 is 1.75 bits per heavy atom. The number of aliphatic carboxylic acids is 1. The summed E-state index contributed by atoms with van der Waals surface area (Å²) in [5.74, 6) is -1.79. The second-order valence-electron chi connectivity index (χ2n) is 8.24. The molecule has 0 aliphatic carbocycles. The van der Waals surface area contributed by atoms with Gasteiger partial charge in [0.15, 0.2) is 0 Å². The lowest BCUT2D eigenvalue weighted by Crippen LogP contribution is -2.52. The molecule has 2 unspecified atom stereocenters. The lowest BCUT2D eigenvalue weighted by atomic mass is 9.74. The third-order valence-electron chi connectivity index (χ3n) is 4.43. The molecule has 1 aliphatic heterocycles. The maximum absolute atomic E-state index is 12.5. The van der Waals surface area contributed by atoms with Gasteiger partial charge in [0.25, 0.3) is 0 Å². The summed E-state index contributed by atoms with van der Waals surface area (Å²) in [6.07, 6.45) is -5.18. The summed E-state index contributed by atoms with van der Waals surface area (Å²) in [7, 11) is 0. The van der Waals surface area contributed by atoms with Gasteiger partial charge in [-0.15, -0.1) is 13.2 Å². The molecule has 1 aliphatic rings. The fourth-order valence-corrected chi connectivity index (χ4v) is 3.21. The number of alkyl halides is 3. The number of likely N-dealkylation sites (tertiary alicyclic amines) is 1. The molecule has 1 heterocycles. The van der Waals surface area contributed by atoms with E-state index < -0.39 is 29.4 Å². The summed E-state index contributed by atoms with van der Waals surface area (Å²) in [6, 6.07) is 5.25. The van der Waals surface area contributed by atoms with Crippen LogP contribution in [-0.4, -0.2) is 47.1 Å². The molecule has 1 aromatic carbocycles. The van der Waals surface area contributed by atoms with Crippen molar-refractivity contribution in [2.24, 2.45) is 5.41 Å². The number of hydrogen-bond donors (Lipinski definition) is 1. The zero-order valence-corrected chi connectivity index (χ0v) is 16.2. The maximum atomic E-state index is 12.5. The minimum absolute atomic E-state index is 0.0109. The van der Waals surface area contributed by atoms with E-state index in [0.717, 1.165) is 0 Å². The minimum atomic E-state index is -4.79. The van der Waals surface area contributed by atoms with Gasteiger partial charge in [0.1, 0.15) is 11.4 Å². The molecule has 1 fully saturated rings. The van der Waals surface area contributed by atoms with Crippen molar-refractivity contribution in [3.63, 3.8) is 0 Å². The van der Waals surface area contributed by atoms with Gasteiger partial charge in [0.2, 0.25) is 0 Å². The van der Waals surface area contributed by atoms with Gasteiger partial charge in [-0.05, 0) is 51.8 Å². The van der Waals surface area contributed by atoms with Gasteiger partial charge in [-0.3, -0.25) is 4.79 Å². The first-order valence-electron chi connectivity index (χ1n) is 8.76. The number of carbonyl (C=O) groups excluding carboxylic acids is 1. The number of carbonyl (C=O) groups is 2. The molecule has 1 saturated heterocycles. The quantitative estimate of drug-likeness (QED) is 0.810. The van der Waals surface area contributed by atoms with E-state index in [1.807, 2.05) is 0 Å². The Bertz CT molecular complexity index is 727. The van der Waals surface area contributed by atoms with E-state index >= 15 is 0 Å². The molecule has 1 N–H and O–H groups in total. The van der Waals surface area contributed by atoms with Crippen LogP contribution in [0.4, 0.5) is 18.0 Å². The van der Waals surface area contributed by atoms with Crippen molar-refractivity contribution in [1.29, 1.82) is 0 Å². The normalized spacial score (nSPS) is 23.2. The molecule has 2 atom stereocenters. The van der Waals surface area contributed by atoms with Crippen molar-refractivity contribution in [3.8, 4) is 5.75 Å². The monoisotopic (exact) mass is 403 g/mol. The Morgan fingerprint density at radius 1 is 1.18 bits per heavy atom. The molecule has 1 amide bonds. The van der Waals surface area contributed by atoms with E-state index in [0.29, 0.717) is 5.56 Å². The number of benzene rings is 1. The lowest BCUT2D eigenvalue weighted by molar-refractivity contribution is -0.274. The van der Waals surface area contributed by atoms with E-state index in [-0.39, 0.29) is 31.2 Å². The summed E-state index contributed by atoms with van der Waals surface area (Å²) in [6.45, 7) is 6.87. The molecule has 9 heteroatoms. The van der Waals surface area contributed by atoms with Crippen LogP contribution in [0.3, 0.4) is 0 Å². The highest BCUT2D eigenvalue weighted by Crippen LogP contribution is 2.39. The van der Waals surface area contributed by atoms with Crippen molar-refractivity contribution in [2.45, 2.75) is 52.0 Å². The van der Waals surface area contributed by atoms with Crippen LogP contribution >= 0.6 is 0 Å². The number of nitrogens with zero attached hydrogens (tertiary/aromatic N) is 1. The number of piperidine rings is 1. The van der Waals surface area contributed by atoms with Gasteiger partial charge in [-0.1, -0.05) is 12.1 Å². The van der Waals surface area contributed by atoms with E-state index in [1.165, 1.54) is 29.2 Å². The van der Waals surface area contributed by atoms with Crippen molar-refractivity contribution >= 4 is 12.1 Å². The van der Waals surface area contributed by atoms with Crippen LogP contribution in [0.15, 0.2) is 24.3 Å². The molecule has 0 spiro atoms. The Kier molecular flexibility index (Phi) is 5.87. The molecule has 0 aromatic heterocycles. The highest BCUT2D eigenvalue weighted by molar-refractivity contribution is 5.77. The van der Waals surface area contributed by atoms with Crippen LogP contribution in [0, 0.1) is 5.41 Å². The van der Waals surface area contributed by atoms with Gasteiger partial charge in [-0.2, -0.15) is 0 Å². The minimum Gasteiger partial charge on any atom is -0.481 e. The Labute approximate surface area is 161 Å². The first-order chi connectivity index (χ1) is 12.7. The molecule has 2 rings (SSSR count). The molecule has 0 saturated carbocycles. The molecule has 0 bridgehead atoms. The molecule has 6 nitrogen and oxygen atoms in total. The summed E-state index contributed by atoms with van der Waals surface area (Å²) >= 11 is 0. The summed E-state index contributed by atoms with van der Waals surface area (Å²) in [5, 5.41) is 9.64. The number of carboxylic acids is 1. The van der Waals surface area contributed by atoms with Crippen molar-refractivity contribution < 1.29 is 37.3 Å². The first-order valence-corrected chi connectivity index (χ1v) is 8.76. The van der Waals surface area contributed by atoms with Gasteiger partial charge in [0, 0.05) is 19.0 Å². The highest BCUT2D eigenvalue weighted by Gasteiger charge is 2.44. The summed E-state index contributed by atoms with van der Waals surface area (Å²) < 4.78 is 46.2. The average molecular weight is 403 g/mol. The lowest BCUT2D eigenvalue weighted by Gasteiger charge is -2.42. The zero-order chi connectivity index (χ0) is 21.3. The fraction of sp³-hybridized carbons (Fsp3) is 0.579. The van der Waals surface area contributed by atoms with Gasteiger partial charge in [0.05, 0.1) is 5.41 Å². The number of amides is 1. The van der Waals surface area contributed by atoms with Crippen LogP contribution in [0.1, 0.15) is 45.6 Å². The second-order valence-corrected chi connectivity index (χ2v) is 8.24. The predicted octanol–water partition coefficient (Wildman–Crippen LogP) is 4.40. The molecular formula is C19H24F3NO5. The van der Waals surface area contributed by atoms with E-state index in [9.17, 15) is 27.9 Å². The number of ether oxygens (including phenoxy) is 2. The number of hydrogen-bond acceptors (Lipinski definition) is 4. The Hall–Kier alpha value is -2.45. The fourth-order valence-electron chi connectivity index (χ4n) is 3.21. The number of carboxylic acid groups (broad SMARTS) is 1. The Balaban J connectivity index is 2.25. The van der Waals surface area contributed by atoms with Crippen LogP contribution in [-0.2, 0) is 9.53 Å². The molecule has 156 valence electrons. The largest absolute Gasteiger partial charge is 0.573 e. The topological polar surface area (TPSA) is 76.1 Å². The van der Waals surface area contributed by atoms with Crippen molar-refractivity contribution in [2.75, 3.05) is 13.1 Å². The Morgan fingerprint density at radius 3 is 2.21 bits per heavy atom. The number of halogens is 3. The smallest absolute Gasteiger partial charge is 0.481 e. The summed E-state index contributed by atoms with van der Waals surface area (Å²) in [4.78, 5) is 25.6. The summed E-state index contributed by atoms with van der Waals surface area (Å²) in [5.41, 5.74) is -1.32. The molecule has 1 aromatic rings. The van der Waals surface area contributed by atoms with Crippen molar-refractivity contribution in [1.82, 2.24) is 4.90 Å². The van der Waals surface area contributed by atoms with Crippen LogP contribution in [0.5, 0.6) is 5.75 Å². The van der Waals surface area contributed by atoms with Gasteiger partial charge in [-0.25, -0.2) is 4.79 Å². The standard InChI is InChI=1S/C19H24F3NO5/c1-17(2,3)28-16(26)23-10-13(9-18(4,11-23)15(24)25)12-5-7-14(8-6-12)27-19(20,21)22/h5-8,13H,9-11H2,1-4H3,(H,24,25). The van der Waals surface area contributed by atoms with Crippen LogP contribution in [0.2, 0.25) is 0 Å². The highest BCUT2D eigenvalue weighted by atomic mass is 19.4. The van der Waals surface area contributed by atoms with Crippen LogP contribution in [0.25, 0.3) is 0 Å². The molecular weight excluding hydrogens is 379 g/mol. The van der Waals surface area contributed by atoms with Crippen LogP contribution < -0.4 is 4.74 Å². The average Bonchev–Trinajstić information content (AvgIpc) is 2.51. The third-order valence-corrected chi connectivity index (χ3v) is 4.43. The molecule has 0 radical (unpaired) electrons. The van der Waals surface area contributed by atoms with E-state index in [2.05, 4.69) is 4.74 Å². The third kappa shape index (κ3) is 5.77. The van der Waals surface area contributed by atoms with Gasteiger partial charge < -0.3 is 19.5 Å². The zero-order valence-electron chi connectivity index (χ0n) is 16.2. The SMILES string of the molecule is CC(C)(C)OC(=O)N1CC(c2ccc(OC(F)(F)F)cc2)CC(C)(C(=O)O)C1. The van der Waals surface area contributed by atoms with E-state index in [1.54, 1.807) is 27.7 Å². The van der Waals surface area contributed by atoms with Gasteiger partial charge >= 0.3 is 18.4 Å². The predicted molar refractivity (Wildman–Crippen MR) is 94.0 cm³/mol.